The molecule has 1 heterocycles. The molecule has 1 fully saturated rings. The van der Waals surface area contributed by atoms with Gasteiger partial charge in [-0.05, 0) is 43.4 Å². The summed E-state index contributed by atoms with van der Waals surface area (Å²) >= 11 is 0. The molecule has 1 unspecified atom stereocenters. The van der Waals surface area contributed by atoms with Crippen LogP contribution in [0.5, 0.6) is 0 Å². The minimum absolute atomic E-state index is 0.00664. The summed E-state index contributed by atoms with van der Waals surface area (Å²) in [5.41, 5.74) is 2.38. The van der Waals surface area contributed by atoms with Crippen LogP contribution in [0.4, 0.5) is 0 Å². The van der Waals surface area contributed by atoms with Gasteiger partial charge in [0.25, 0.3) is 5.91 Å². The van der Waals surface area contributed by atoms with E-state index in [0.29, 0.717) is 31.5 Å². The van der Waals surface area contributed by atoms with Crippen LogP contribution in [0.1, 0.15) is 52.0 Å². The fraction of sp³-hybridized carbons (Fsp3) is 0.500. The molecule has 1 saturated heterocycles. The molecule has 1 aromatic rings. The van der Waals surface area contributed by atoms with Crippen molar-refractivity contribution in [1.82, 2.24) is 10.2 Å². The Bertz CT molecular complexity index is 654. The van der Waals surface area contributed by atoms with Crippen LogP contribution in [0.2, 0.25) is 0 Å². The molecule has 2 aliphatic rings. The number of hydrogen-bond donors (Lipinski definition) is 1. The molecule has 1 N–H and O–H groups in total. The molecule has 23 heavy (non-hydrogen) atoms. The lowest BCUT2D eigenvalue weighted by atomic mass is 9.99. The molecule has 0 radical (unpaired) electrons. The van der Waals surface area contributed by atoms with E-state index >= 15 is 0 Å². The van der Waals surface area contributed by atoms with E-state index in [1.54, 1.807) is 24.1 Å². The zero-order chi connectivity index (χ0) is 16.4. The third-order valence-electron chi connectivity index (χ3n) is 4.85. The first kappa shape index (κ1) is 15.7. The number of carbonyl (C=O) groups excluding carboxylic acids is 3. The quantitative estimate of drug-likeness (QED) is 0.847. The Kier molecular flexibility index (Phi) is 4.46. The fourth-order valence-corrected chi connectivity index (χ4v) is 3.49. The number of Topliss-reactive ketones (excluding diaryl/α,β-unsaturated/α-hetero) is 1. The van der Waals surface area contributed by atoms with Crippen molar-refractivity contribution in [3.8, 4) is 0 Å². The normalized spacial score (nSPS) is 20.8. The summed E-state index contributed by atoms with van der Waals surface area (Å²) in [6, 6.07) is 5.41. The zero-order valence-corrected chi connectivity index (χ0v) is 13.4. The Balaban J connectivity index is 1.77. The number of benzene rings is 1. The Labute approximate surface area is 136 Å². The van der Waals surface area contributed by atoms with Gasteiger partial charge >= 0.3 is 0 Å². The molecule has 122 valence electrons. The Morgan fingerprint density at radius 2 is 2.00 bits per heavy atom. The van der Waals surface area contributed by atoms with Crippen molar-refractivity contribution in [2.45, 2.75) is 32.1 Å². The van der Waals surface area contributed by atoms with E-state index < -0.39 is 0 Å². The summed E-state index contributed by atoms with van der Waals surface area (Å²) < 4.78 is 0. The molecule has 3 rings (SSSR count). The van der Waals surface area contributed by atoms with Gasteiger partial charge in [-0.15, -0.1) is 0 Å². The topological polar surface area (TPSA) is 66.5 Å². The predicted molar refractivity (Wildman–Crippen MR) is 86.4 cm³/mol. The van der Waals surface area contributed by atoms with E-state index in [9.17, 15) is 14.4 Å². The molecule has 5 nitrogen and oxygen atoms in total. The van der Waals surface area contributed by atoms with Crippen molar-refractivity contribution in [3.63, 3.8) is 0 Å². The van der Waals surface area contributed by atoms with E-state index in [0.717, 1.165) is 30.4 Å². The zero-order valence-electron chi connectivity index (χ0n) is 13.4. The maximum Gasteiger partial charge on any atom is 0.253 e. The lowest BCUT2D eigenvalue weighted by Gasteiger charge is -2.17. The van der Waals surface area contributed by atoms with Gasteiger partial charge in [0.05, 0.1) is 5.92 Å². The summed E-state index contributed by atoms with van der Waals surface area (Å²) in [5, 5.41) is 2.64. The van der Waals surface area contributed by atoms with E-state index in [1.165, 1.54) is 0 Å². The second kappa shape index (κ2) is 6.52. The Morgan fingerprint density at radius 1 is 1.22 bits per heavy atom. The van der Waals surface area contributed by atoms with Crippen LogP contribution in [-0.4, -0.2) is 42.6 Å². The highest BCUT2D eigenvalue weighted by molar-refractivity contribution is 6.00. The van der Waals surface area contributed by atoms with Crippen LogP contribution in [-0.2, 0) is 11.2 Å². The minimum Gasteiger partial charge on any atom is -0.359 e. The van der Waals surface area contributed by atoms with Gasteiger partial charge in [-0.2, -0.15) is 0 Å². The Hall–Kier alpha value is -2.17. The summed E-state index contributed by atoms with van der Waals surface area (Å²) in [5.74, 6) is 0.00688. The van der Waals surface area contributed by atoms with Gasteiger partial charge in [0, 0.05) is 37.7 Å². The van der Waals surface area contributed by atoms with E-state index in [2.05, 4.69) is 5.32 Å². The molecule has 0 bridgehead atoms. The first-order chi connectivity index (χ1) is 11.1. The monoisotopic (exact) mass is 314 g/mol. The predicted octanol–water partition coefficient (Wildman–Crippen LogP) is 1.80. The molecule has 0 saturated carbocycles. The van der Waals surface area contributed by atoms with Crippen LogP contribution in [0, 0.1) is 5.92 Å². The highest BCUT2D eigenvalue weighted by atomic mass is 16.2. The van der Waals surface area contributed by atoms with E-state index in [1.807, 2.05) is 6.07 Å². The van der Waals surface area contributed by atoms with Gasteiger partial charge in [0.2, 0.25) is 5.91 Å². The first-order valence-electron chi connectivity index (χ1n) is 8.27. The van der Waals surface area contributed by atoms with Gasteiger partial charge < -0.3 is 10.2 Å². The highest BCUT2D eigenvalue weighted by Crippen LogP contribution is 2.24. The SMILES string of the molecule is CNC(=O)C1CCN(C(=O)c2ccc3c(c2)CCCCC3=O)C1. The third-order valence-corrected chi connectivity index (χ3v) is 4.85. The van der Waals surface area contributed by atoms with Gasteiger partial charge in [-0.1, -0.05) is 6.07 Å². The van der Waals surface area contributed by atoms with Crippen LogP contribution >= 0.6 is 0 Å². The number of aryl methyl sites for hydroxylation is 1. The van der Waals surface area contributed by atoms with Crippen molar-refractivity contribution >= 4 is 17.6 Å². The third kappa shape index (κ3) is 3.14. The first-order valence-corrected chi connectivity index (χ1v) is 8.27. The molecule has 0 aromatic heterocycles. The maximum absolute atomic E-state index is 12.7. The standard InChI is InChI=1S/C18H22N2O3/c1-19-17(22)14-8-9-20(11-14)18(23)13-6-7-15-12(10-13)4-2-3-5-16(15)21/h6-7,10,14H,2-5,8-9,11H2,1H3,(H,19,22). The average Bonchev–Trinajstić information content (AvgIpc) is 2.99. The average molecular weight is 314 g/mol. The number of rotatable bonds is 2. The second-order valence-corrected chi connectivity index (χ2v) is 6.35. The molecule has 5 heteroatoms. The number of likely N-dealkylation sites (tertiary alicyclic amines) is 1. The van der Waals surface area contributed by atoms with Crippen molar-refractivity contribution in [3.05, 3.63) is 34.9 Å². The number of carbonyl (C=O) groups is 3. The number of nitrogens with one attached hydrogen (secondary N) is 1. The molecule has 1 aliphatic heterocycles. The van der Waals surface area contributed by atoms with Gasteiger partial charge in [0.15, 0.2) is 5.78 Å². The molecule has 0 spiro atoms. The van der Waals surface area contributed by atoms with Gasteiger partial charge in [-0.3, -0.25) is 14.4 Å². The summed E-state index contributed by atoms with van der Waals surface area (Å²) in [6.45, 7) is 1.07. The van der Waals surface area contributed by atoms with E-state index in [4.69, 9.17) is 0 Å². The number of hydrogen-bond acceptors (Lipinski definition) is 3. The number of amides is 2. The van der Waals surface area contributed by atoms with Gasteiger partial charge in [-0.25, -0.2) is 0 Å². The van der Waals surface area contributed by atoms with Gasteiger partial charge in [0.1, 0.15) is 0 Å². The van der Waals surface area contributed by atoms with Crippen molar-refractivity contribution < 1.29 is 14.4 Å². The van der Waals surface area contributed by atoms with Crippen molar-refractivity contribution in [2.24, 2.45) is 5.92 Å². The van der Waals surface area contributed by atoms with Crippen molar-refractivity contribution in [1.29, 1.82) is 0 Å². The number of nitrogens with zero attached hydrogens (tertiary/aromatic N) is 1. The Morgan fingerprint density at radius 3 is 2.78 bits per heavy atom. The van der Waals surface area contributed by atoms with Crippen molar-refractivity contribution in [2.75, 3.05) is 20.1 Å². The largest absolute Gasteiger partial charge is 0.359 e. The summed E-state index contributed by atoms with van der Waals surface area (Å²) in [7, 11) is 1.62. The fourth-order valence-electron chi connectivity index (χ4n) is 3.49. The van der Waals surface area contributed by atoms with E-state index in [-0.39, 0.29) is 23.5 Å². The lowest BCUT2D eigenvalue weighted by Crippen LogP contribution is -2.33. The van der Waals surface area contributed by atoms with Crippen LogP contribution in [0.15, 0.2) is 18.2 Å². The summed E-state index contributed by atoms with van der Waals surface area (Å²) in [6.07, 6.45) is 4.05. The highest BCUT2D eigenvalue weighted by Gasteiger charge is 2.31. The second-order valence-electron chi connectivity index (χ2n) is 6.35. The molecule has 2 amide bonds. The number of ketones is 1. The van der Waals surface area contributed by atoms with Crippen LogP contribution in [0.25, 0.3) is 0 Å². The molecular weight excluding hydrogens is 292 g/mol. The maximum atomic E-state index is 12.7. The summed E-state index contributed by atoms with van der Waals surface area (Å²) in [4.78, 5) is 38.2. The lowest BCUT2D eigenvalue weighted by molar-refractivity contribution is -0.124. The van der Waals surface area contributed by atoms with Crippen LogP contribution < -0.4 is 5.32 Å². The molecule has 1 aliphatic carbocycles. The van der Waals surface area contributed by atoms with Crippen LogP contribution in [0.3, 0.4) is 0 Å². The molecule has 1 atom stereocenters. The minimum atomic E-state index is -0.119. The molecular formula is C18H22N2O3. The smallest absolute Gasteiger partial charge is 0.253 e. The number of fused-ring (bicyclic) bond motifs is 1. The molecule has 1 aromatic carbocycles.